The maximum Gasteiger partial charge on any atom is 0.270 e. The zero-order valence-electron chi connectivity index (χ0n) is 14.7. The SMILES string of the molecule is CCCOc1ccc([C@@H](CC(=O)[O-])NC(=O)c2cccc([N+](=O)[O-])c2)cc1. The van der Waals surface area contributed by atoms with E-state index in [1.165, 1.54) is 18.2 Å². The van der Waals surface area contributed by atoms with Gasteiger partial charge in [-0.05, 0) is 30.2 Å². The molecule has 0 saturated heterocycles. The van der Waals surface area contributed by atoms with E-state index in [0.29, 0.717) is 17.9 Å². The number of amides is 1. The number of nitro benzene ring substituents is 1. The summed E-state index contributed by atoms with van der Waals surface area (Å²) < 4.78 is 5.48. The van der Waals surface area contributed by atoms with Crippen LogP contribution in [0.3, 0.4) is 0 Å². The van der Waals surface area contributed by atoms with Crippen LogP contribution >= 0.6 is 0 Å². The fraction of sp³-hybridized carbons (Fsp3) is 0.263. The molecule has 0 aromatic heterocycles. The molecule has 0 heterocycles. The smallest absolute Gasteiger partial charge is 0.270 e. The topological polar surface area (TPSA) is 122 Å². The molecule has 27 heavy (non-hydrogen) atoms. The molecule has 0 fully saturated rings. The summed E-state index contributed by atoms with van der Waals surface area (Å²) in [5, 5.41) is 24.5. The van der Waals surface area contributed by atoms with E-state index in [4.69, 9.17) is 4.74 Å². The van der Waals surface area contributed by atoms with Gasteiger partial charge in [0.1, 0.15) is 5.75 Å². The summed E-state index contributed by atoms with van der Waals surface area (Å²) in [6.07, 6.45) is 0.421. The number of carboxylic acids is 1. The number of benzene rings is 2. The van der Waals surface area contributed by atoms with Crippen LogP contribution in [0, 0.1) is 10.1 Å². The normalized spacial score (nSPS) is 11.4. The number of aliphatic carboxylic acids is 1. The van der Waals surface area contributed by atoms with Gasteiger partial charge < -0.3 is 20.0 Å². The van der Waals surface area contributed by atoms with Crippen molar-refractivity contribution < 1.29 is 24.4 Å². The van der Waals surface area contributed by atoms with Crippen LogP contribution in [0.5, 0.6) is 5.75 Å². The predicted octanol–water partition coefficient (Wildman–Crippen LogP) is 1.99. The van der Waals surface area contributed by atoms with Gasteiger partial charge in [-0.2, -0.15) is 0 Å². The van der Waals surface area contributed by atoms with Gasteiger partial charge in [-0.25, -0.2) is 0 Å². The summed E-state index contributed by atoms with van der Waals surface area (Å²) in [5.41, 5.74) is 0.397. The van der Waals surface area contributed by atoms with E-state index in [9.17, 15) is 24.8 Å². The minimum Gasteiger partial charge on any atom is -0.550 e. The molecule has 0 radical (unpaired) electrons. The first-order chi connectivity index (χ1) is 12.9. The summed E-state index contributed by atoms with van der Waals surface area (Å²) in [5.74, 6) is -1.31. The number of nitrogens with one attached hydrogen (secondary N) is 1. The van der Waals surface area contributed by atoms with Crippen LogP contribution in [-0.4, -0.2) is 23.4 Å². The predicted molar refractivity (Wildman–Crippen MR) is 95.2 cm³/mol. The molecule has 8 nitrogen and oxygen atoms in total. The highest BCUT2D eigenvalue weighted by molar-refractivity contribution is 5.95. The third kappa shape index (κ3) is 5.81. The lowest BCUT2D eigenvalue weighted by Crippen LogP contribution is -2.34. The van der Waals surface area contributed by atoms with E-state index in [0.717, 1.165) is 12.5 Å². The number of non-ortho nitro benzene ring substituents is 1. The quantitative estimate of drug-likeness (QED) is 0.531. The van der Waals surface area contributed by atoms with Crippen molar-refractivity contribution in [2.24, 2.45) is 0 Å². The molecule has 1 amide bonds. The number of ether oxygens (including phenoxy) is 1. The summed E-state index contributed by atoms with van der Waals surface area (Å²) in [7, 11) is 0. The number of hydrogen-bond acceptors (Lipinski definition) is 6. The molecule has 2 aromatic carbocycles. The van der Waals surface area contributed by atoms with Crippen molar-refractivity contribution in [3.8, 4) is 5.75 Å². The Balaban J connectivity index is 2.18. The second-order valence-corrected chi connectivity index (χ2v) is 5.83. The largest absolute Gasteiger partial charge is 0.550 e. The average Bonchev–Trinajstić information content (AvgIpc) is 2.66. The maximum atomic E-state index is 12.4. The van der Waals surface area contributed by atoms with E-state index < -0.39 is 29.3 Å². The Morgan fingerprint density at radius 2 is 1.89 bits per heavy atom. The third-order valence-electron chi connectivity index (χ3n) is 3.75. The minimum absolute atomic E-state index is 0.0652. The lowest BCUT2D eigenvalue weighted by molar-refractivity contribution is -0.384. The summed E-state index contributed by atoms with van der Waals surface area (Å²) in [6, 6.07) is 11.1. The number of nitrogens with zero attached hydrogens (tertiary/aromatic N) is 1. The zero-order chi connectivity index (χ0) is 19.8. The highest BCUT2D eigenvalue weighted by atomic mass is 16.6. The van der Waals surface area contributed by atoms with Crippen molar-refractivity contribution in [3.05, 3.63) is 69.8 Å². The van der Waals surface area contributed by atoms with Gasteiger partial charge in [0.25, 0.3) is 11.6 Å². The molecule has 1 N–H and O–H groups in total. The Labute approximate surface area is 155 Å². The number of carbonyl (C=O) groups excluding carboxylic acids is 2. The molecule has 2 aromatic rings. The molecule has 1 atom stereocenters. The van der Waals surface area contributed by atoms with E-state index >= 15 is 0 Å². The van der Waals surface area contributed by atoms with Crippen LogP contribution in [0.1, 0.15) is 41.7 Å². The van der Waals surface area contributed by atoms with Crippen LogP contribution in [0.4, 0.5) is 5.69 Å². The summed E-state index contributed by atoms with van der Waals surface area (Å²) in [6.45, 7) is 2.54. The Morgan fingerprint density at radius 3 is 2.48 bits per heavy atom. The van der Waals surface area contributed by atoms with Gasteiger partial charge in [0, 0.05) is 30.1 Å². The lowest BCUT2D eigenvalue weighted by Gasteiger charge is -2.20. The lowest BCUT2D eigenvalue weighted by atomic mass is 10.0. The molecule has 2 rings (SSSR count). The highest BCUT2D eigenvalue weighted by Crippen LogP contribution is 2.22. The van der Waals surface area contributed by atoms with Crippen molar-refractivity contribution in [1.29, 1.82) is 0 Å². The summed E-state index contributed by atoms with van der Waals surface area (Å²) >= 11 is 0. The molecule has 0 saturated carbocycles. The number of nitro groups is 1. The number of hydrogen-bond donors (Lipinski definition) is 1. The first-order valence-electron chi connectivity index (χ1n) is 8.38. The van der Waals surface area contributed by atoms with Gasteiger partial charge in [-0.3, -0.25) is 14.9 Å². The Bertz CT molecular complexity index is 819. The molecule has 142 valence electrons. The van der Waals surface area contributed by atoms with Gasteiger partial charge in [-0.1, -0.05) is 25.1 Å². The van der Waals surface area contributed by atoms with Crippen molar-refractivity contribution in [3.63, 3.8) is 0 Å². The van der Waals surface area contributed by atoms with Gasteiger partial charge in [0.2, 0.25) is 0 Å². The van der Waals surface area contributed by atoms with Crippen molar-refractivity contribution in [2.75, 3.05) is 6.61 Å². The van der Waals surface area contributed by atoms with Crippen LogP contribution in [0.2, 0.25) is 0 Å². The van der Waals surface area contributed by atoms with Gasteiger partial charge >= 0.3 is 0 Å². The molecular weight excluding hydrogens is 352 g/mol. The fourth-order valence-corrected chi connectivity index (χ4v) is 2.44. The van der Waals surface area contributed by atoms with Crippen LogP contribution in [-0.2, 0) is 4.79 Å². The molecule has 0 bridgehead atoms. The van der Waals surface area contributed by atoms with Crippen LogP contribution in [0.15, 0.2) is 48.5 Å². The second-order valence-electron chi connectivity index (χ2n) is 5.83. The molecule has 0 aliphatic heterocycles. The minimum atomic E-state index is -1.33. The highest BCUT2D eigenvalue weighted by Gasteiger charge is 2.18. The Hall–Kier alpha value is -3.42. The molecular formula is C19H19N2O6-. The summed E-state index contributed by atoms with van der Waals surface area (Å²) in [4.78, 5) is 33.7. The monoisotopic (exact) mass is 371 g/mol. The second kappa shape index (κ2) is 9.33. The number of rotatable bonds is 9. The average molecular weight is 371 g/mol. The standard InChI is InChI=1S/C19H20N2O6/c1-2-10-27-16-8-6-13(7-9-16)17(12-18(22)23)20-19(24)14-4-3-5-15(11-14)21(25)26/h3-9,11,17H,2,10,12H2,1H3,(H,20,24)(H,22,23)/p-1/t17-/m1/s1. The van der Waals surface area contributed by atoms with E-state index in [1.54, 1.807) is 24.3 Å². The van der Waals surface area contributed by atoms with E-state index in [-0.39, 0.29) is 11.3 Å². The van der Waals surface area contributed by atoms with Crippen molar-refractivity contribution >= 4 is 17.6 Å². The maximum absolute atomic E-state index is 12.4. The first kappa shape index (κ1) is 19.9. The van der Waals surface area contributed by atoms with Crippen LogP contribution in [0.25, 0.3) is 0 Å². The van der Waals surface area contributed by atoms with Crippen molar-refractivity contribution in [1.82, 2.24) is 5.32 Å². The molecule has 0 unspecified atom stereocenters. The Kier molecular flexibility index (Phi) is 6.87. The molecule has 0 spiro atoms. The number of carbonyl (C=O) groups is 2. The van der Waals surface area contributed by atoms with Gasteiger partial charge in [0.05, 0.1) is 17.6 Å². The van der Waals surface area contributed by atoms with Crippen molar-refractivity contribution in [2.45, 2.75) is 25.8 Å². The number of carboxylic acid groups (broad SMARTS) is 1. The van der Waals surface area contributed by atoms with E-state index in [1.807, 2.05) is 6.92 Å². The van der Waals surface area contributed by atoms with E-state index in [2.05, 4.69) is 5.32 Å². The van der Waals surface area contributed by atoms with Gasteiger partial charge in [-0.15, -0.1) is 0 Å². The molecule has 8 heteroatoms. The molecule has 0 aliphatic rings. The molecule has 0 aliphatic carbocycles. The van der Waals surface area contributed by atoms with Gasteiger partial charge in [0.15, 0.2) is 0 Å². The van der Waals surface area contributed by atoms with Crippen LogP contribution < -0.4 is 15.2 Å². The zero-order valence-corrected chi connectivity index (χ0v) is 14.7. The Morgan fingerprint density at radius 1 is 1.19 bits per heavy atom. The first-order valence-corrected chi connectivity index (χ1v) is 8.38. The fourth-order valence-electron chi connectivity index (χ4n) is 2.44. The third-order valence-corrected chi connectivity index (χ3v) is 3.75.